The van der Waals surface area contributed by atoms with E-state index in [1.54, 1.807) is 36.4 Å². The van der Waals surface area contributed by atoms with E-state index >= 15 is 0 Å². The van der Waals surface area contributed by atoms with E-state index in [0.29, 0.717) is 33.5 Å². The lowest BCUT2D eigenvalue weighted by Gasteiger charge is -2.49. The SMILES string of the molecule is COc1cc(C2C(N3C(=O)c4c(Cl)c(Cl)c(Cl)c(Cl)c4C3=O)C(=O)N2c2ccc(Cl)cc2)cc(OC)c1OC. The molecule has 3 aromatic rings. The van der Waals surface area contributed by atoms with Gasteiger partial charge in [0.1, 0.15) is 6.04 Å². The zero-order chi connectivity index (χ0) is 28.3. The molecule has 0 saturated carbocycles. The van der Waals surface area contributed by atoms with Gasteiger partial charge in [-0.3, -0.25) is 19.3 Å². The number of carbonyl (C=O) groups is 3. The molecular weight excluding hydrogens is 614 g/mol. The normalized spacial score (nSPS) is 18.3. The standard InChI is InChI=1S/C26H17Cl5N2O6/c1-37-13-8-10(9-14(38-2)23(13)39-3)21-22(26(36)32(21)12-6-4-11(27)5-7-12)33-24(34)15-16(25(33)35)18(29)20(31)19(30)17(15)28/h4-9,21-22H,1-3H3. The Kier molecular flexibility index (Phi) is 7.28. The average molecular weight is 631 g/mol. The van der Waals surface area contributed by atoms with Crippen molar-refractivity contribution < 1.29 is 28.6 Å². The predicted octanol–water partition coefficient (Wildman–Crippen LogP) is 6.73. The molecule has 0 aliphatic carbocycles. The topological polar surface area (TPSA) is 85.4 Å². The van der Waals surface area contributed by atoms with Crippen LogP contribution in [0.1, 0.15) is 32.3 Å². The summed E-state index contributed by atoms with van der Waals surface area (Å²) in [4.78, 5) is 43.3. The van der Waals surface area contributed by atoms with Crippen molar-refractivity contribution in [3.05, 3.63) is 78.2 Å². The van der Waals surface area contributed by atoms with Crippen molar-refractivity contribution in [1.82, 2.24) is 4.90 Å². The molecule has 2 heterocycles. The number of nitrogens with zero attached hydrogens (tertiary/aromatic N) is 2. The van der Waals surface area contributed by atoms with E-state index in [2.05, 4.69) is 0 Å². The molecule has 2 unspecified atom stereocenters. The van der Waals surface area contributed by atoms with Crippen molar-refractivity contribution in [1.29, 1.82) is 0 Å². The molecule has 0 bridgehead atoms. The minimum Gasteiger partial charge on any atom is -0.493 e. The summed E-state index contributed by atoms with van der Waals surface area (Å²) in [6.07, 6.45) is 0. The Labute approximate surface area is 247 Å². The Morgan fingerprint density at radius 1 is 0.641 bits per heavy atom. The maximum Gasteiger partial charge on any atom is 0.264 e. The van der Waals surface area contributed by atoms with Gasteiger partial charge in [0.2, 0.25) is 5.75 Å². The van der Waals surface area contributed by atoms with Crippen LogP contribution in [-0.4, -0.2) is 50.0 Å². The number of rotatable bonds is 6. The Balaban J connectivity index is 1.68. The number of benzene rings is 3. The van der Waals surface area contributed by atoms with Gasteiger partial charge in [0, 0.05) is 10.7 Å². The predicted molar refractivity (Wildman–Crippen MR) is 149 cm³/mol. The molecule has 3 aromatic carbocycles. The molecule has 1 saturated heterocycles. The second kappa shape index (κ2) is 10.3. The first-order valence-corrected chi connectivity index (χ1v) is 13.1. The van der Waals surface area contributed by atoms with Crippen LogP contribution in [-0.2, 0) is 4.79 Å². The number of carbonyl (C=O) groups excluding carboxylic acids is 3. The van der Waals surface area contributed by atoms with E-state index in [1.807, 2.05) is 0 Å². The highest BCUT2D eigenvalue weighted by atomic mass is 35.5. The van der Waals surface area contributed by atoms with Gasteiger partial charge < -0.3 is 19.1 Å². The molecule has 0 N–H and O–H groups in total. The molecule has 0 radical (unpaired) electrons. The second-order valence-corrected chi connectivity index (χ2v) is 10.5. The van der Waals surface area contributed by atoms with Crippen molar-refractivity contribution in [3.8, 4) is 17.2 Å². The Hall–Kier alpha value is -2.88. The van der Waals surface area contributed by atoms with Gasteiger partial charge >= 0.3 is 0 Å². The number of imide groups is 1. The van der Waals surface area contributed by atoms with E-state index in [4.69, 9.17) is 72.2 Å². The quantitative estimate of drug-likeness (QED) is 0.130. The molecule has 8 nitrogen and oxygen atoms in total. The van der Waals surface area contributed by atoms with Gasteiger partial charge in [0.05, 0.1) is 58.6 Å². The maximum absolute atomic E-state index is 13.7. The first-order valence-electron chi connectivity index (χ1n) is 11.2. The number of halogens is 5. The average Bonchev–Trinajstić information content (AvgIpc) is 3.19. The number of amides is 3. The van der Waals surface area contributed by atoms with Gasteiger partial charge in [-0.15, -0.1) is 0 Å². The fourth-order valence-electron chi connectivity index (χ4n) is 4.84. The van der Waals surface area contributed by atoms with E-state index < -0.39 is 29.8 Å². The first kappa shape index (κ1) is 27.7. The highest BCUT2D eigenvalue weighted by Gasteiger charge is 2.58. The van der Waals surface area contributed by atoms with E-state index in [9.17, 15) is 14.4 Å². The van der Waals surface area contributed by atoms with Gasteiger partial charge in [-0.2, -0.15) is 0 Å². The van der Waals surface area contributed by atoms with Gasteiger partial charge in [0.15, 0.2) is 11.5 Å². The Bertz CT molecular complexity index is 1490. The second-order valence-electron chi connectivity index (χ2n) is 8.52. The Morgan fingerprint density at radius 3 is 1.56 bits per heavy atom. The molecule has 202 valence electrons. The van der Waals surface area contributed by atoms with E-state index in [-0.39, 0.29) is 31.2 Å². The van der Waals surface area contributed by atoms with E-state index in [0.717, 1.165) is 4.90 Å². The van der Waals surface area contributed by atoms with Crippen LogP contribution in [0.5, 0.6) is 17.2 Å². The molecule has 3 amide bonds. The molecule has 5 rings (SSSR count). The fraction of sp³-hybridized carbons (Fsp3) is 0.192. The van der Waals surface area contributed by atoms with Gasteiger partial charge in [0.25, 0.3) is 17.7 Å². The minimum atomic E-state index is -1.28. The van der Waals surface area contributed by atoms with Crippen LogP contribution in [0.15, 0.2) is 36.4 Å². The summed E-state index contributed by atoms with van der Waals surface area (Å²) in [5.74, 6) is -1.23. The largest absolute Gasteiger partial charge is 0.493 e. The van der Waals surface area contributed by atoms with Crippen LogP contribution in [0.25, 0.3) is 0 Å². The molecule has 0 aromatic heterocycles. The zero-order valence-electron chi connectivity index (χ0n) is 20.4. The highest BCUT2D eigenvalue weighted by Crippen LogP contribution is 2.51. The van der Waals surface area contributed by atoms with Gasteiger partial charge in [-0.25, -0.2) is 0 Å². The number of hydrogen-bond donors (Lipinski definition) is 0. The van der Waals surface area contributed by atoms with Crippen LogP contribution in [0.4, 0.5) is 5.69 Å². The highest BCUT2D eigenvalue weighted by molar-refractivity contribution is 6.55. The minimum absolute atomic E-state index is 0.172. The number of fused-ring (bicyclic) bond motifs is 1. The summed E-state index contributed by atoms with van der Waals surface area (Å²) < 4.78 is 16.4. The number of anilines is 1. The summed E-state index contributed by atoms with van der Waals surface area (Å²) in [5.41, 5.74) is 0.539. The summed E-state index contributed by atoms with van der Waals surface area (Å²) in [6.45, 7) is 0. The van der Waals surface area contributed by atoms with Gasteiger partial charge in [-0.05, 0) is 42.0 Å². The number of methoxy groups -OCH3 is 3. The maximum atomic E-state index is 13.7. The zero-order valence-corrected chi connectivity index (χ0v) is 24.1. The monoisotopic (exact) mass is 628 g/mol. The molecule has 2 atom stereocenters. The lowest BCUT2D eigenvalue weighted by molar-refractivity contribution is -0.130. The molecular formula is C26H17Cl5N2O6. The molecule has 13 heteroatoms. The van der Waals surface area contributed by atoms with Crippen LogP contribution < -0.4 is 19.1 Å². The van der Waals surface area contributed by atoms with Crippen molar-refractivity contribution in [2.45, 2.75) is 12.1 Å². The lowest BCUT2D eigenvalue weighted by atomic mass is 9.86. The smallest absolute Gasteiger partial charge is 0.264 e. The van der Waals surface area contributed by atoms with Crippen molar-refractivity contribution in [3.63, 3.8) is 0 Å². The third-order valence-electron chi connectivity index (χ3n) is 6.61. The van der Waals surface area contributed by atoms with Crippen LogP contribution in [0.2, 0.25) is 25.1 Å². The molecule has 2 aliphatic heterocycles. The summed E-state index contributed by atoms with van der Waals surface area (Å²) >= 11 is 31.0. The summed E-state index contributed by atoms with van der Waals surface area (Å²) in [5, 5.41) is -0.339. The van der Waals surface area contributed by atoms with Crippen molar-refractivity contribution >= 4 is 81.4 Å². The van der Waals surface area contributed by atoms with E-state index in [1.165, 1.54) is 26.2 Å². The van der Waals surface area contributed by atoms with Crippen LogP contribution in [0.3, 0.4) is 0 Å². The van der Waals surface area contributed by atoms with Crippen molar-refractivity contribution in [2.75, 3.05) is 26.2 Å². The molecule has 0 spiro atoms. The lowest BCUT2D eigenvalue weighted by Crippen LogP contribution is -2.67. The summed E-state index contributed by atoms with van der Waals surface area (Å²) in [7, 11) is 4.35. The third-order valence-corrected chi connectivity index (χ3v) is 8.67. The van der Waals surface area contributed by atoms with Crippen LogP contribution in [0, 0.1) is 0 Å². The molecule has 39 heavy (non-hydrogen) atoms. The summed E-state index contributed by atoms with van der Waals surface area (Å²) in [6, 6.07) is 7.68. The number of hydrogen-bond acceptors (Lipinski definition) is 6. The number of ether oxygens (including phenoxy) is 3. The van der Waals surface area contributed by atoms with Gasteiger partial charge in [-0.1, -0.05) is 58.0 Å². The fourth-order valence-corrected chi connectivity index (χ4v) is 5.98. The van der Waals surface area contributed by atoms with Crippen LogP contribution >= 0.6 is 58.0 Å². The number of β-lactam (4-membered cyclic amide) rings is 1. The molecule has 2 aliphatic rings. The van der Waals surface area contributed by atoms with Crippen molar-refractivity contribution in [2.24, 2.45) is 0 Å². The Morgan fingerprint density at radius 2 is 1.13 bits per heavy atom. The molecule has 1 fully saturated rings. The first-order chi connectivity index (χ1) is 18.6. The third kappa shape index (κ3) is 4.08.